The van der Waals surface area contributed by atoms with E-state index >= 15 is 0 Å². The molecule has 19 heavy (non-hydrogen) atoms. The van der Waals surface area contributed by atoms with Gasteiger partial charge in [0.25, 0.3) is 0 Å². The lowest BCUT2D eigenvalue weighted by Gasteiger charge is -2.11. The molecule has 1 aliphatic carbocycles. The van der Waals surface area contributed by atoms with Gasteiger partial charge in [-0.3, -0.25) is 0 Å². The number of rotatable bonds is 2. The molecule has 0 amide bonds. The zero-order chi connectivity index (χ0) is 13.4. The predicted octanol–water partition coefficient (Wildman–Crippen LogP) is 5.48. The van der Waals surface area contributed by atoms with Gasteiger partial charge in [0.05, 0.1) is 0 Å². The van der Waals surface area contributed by atoms with E-state index in [9.17, 15) is 0 Å². The van der Waals surface area contributed by atoms with E-state index in [1.165, 1.54) is 33.0 Å². The van der Waals surface area contributed by atoms with Crippen LogP contribution in [0.4, 0.5) is 0 Å². The van der Waals surface area contributed by atoms with E-state index in [1.807, 2.05) is 0 Å². The summed E-state index contributed by atoms with van der Waals surface area (Å²) in [6, 6.07) is 11.4. The summed E-state index contributed by atoms with van der Waals surface area (Å²) in [6.07, 6.45) is 7.56. The van der Waals surface area contributed by atoms with Crippen molar-refractivity contribution in [3.8, 4) is 0 Å². The second-order valence-corrected chi connectivity index (χ2v) is 5.59. The summed E-state index contributed by atoms with van der Waals surface area (Å²) < 4.78 is 0. The lowest BCUT2D eigenvalue weighted by atomic mass is 9.93. The second kappa shape index (κ2) is 4.70. The van der Waals surface area contributed by atoms with Crippen molar-refractivity contribution in [3.05, 3.63) is 65.3 Å². The SMILES string of the molecule is C/C=C\C=C1/Cc2ccc(C(C)C)c3cccc1c23. The zero-order valence-electron chi connectivity index (χ0n) is 11.9. The van der Waals surface area contributed by atoms with Crippen molar-refractivity contribution in [2.45, 2.75) is 33.1 Å². The minimum absolute atomic E-state index is 0.577. The van der Waals surface area contributed by atoms with Gasteiger partial charge in [-0.15, -0.1) is 0 Å². The van der Waals surface area contributed by atoms with Crippen LogP contribution in [0, 0.1) is 0 Å². The van der Waals surface area contributed by atoms with E-state index < -0.39 is 0 Å². The van der Waals surface area contributed by atoms with Gasteiger partial charge >= 0.3 is 0 Å². The Labute approximate surface area is 115 Å². The molecule has 0 saturated carbocycles. The van der Waals surface area contributed by atoms with E-state index in [2.05, 4.69) is 69.3 Å². The first-order valence-electron chi connectivity index (χ1n) is 7.09. The van der Waals surface area contributed by atoms with Gasteiger partial charge in [0.1, 0.15) is 0 Å². The molecule has 2 aromatic carbocycles. The van der Waals surface area contributed by atoms with Crippen molar-refractivity contribution in [1.82, 2.24) is 0 Å². The number of allylic oxidation sites excluding steroid dienone is 4. The van der Waals surface area contributed by atoms with Crippen LogP contribution in [0.15, 0.2) is 48.6 Å². The van der Waals surface area contributed by atoms with Crippen LogP contribution >= 0.6 is 0 Å². The Balaban J connectivity index is 2.29. The minimum Gasteiger partial charge on any atom is -0.0877 e. The summed E-state index contributed by atoms with van der Waals surface area (Å²) in [5.74, 6) is 0.577. The molecule has 0 heterocycles. The highest BCUT2D eigenvalue weighted by atomic mass is 14.2. The molecule has 3 rings (SSSR count). The molecule has 1 aliphatic rings. The van der Waals surface area contributed by atoms with E-state index in [0.717, 1.165) is 6.42 Å². The average Bonchev–Trinajstić information content (AvgIpc) is 2.77. The fourth-order valence-corrected chi connectivity index (χ4v) is 3.08. The Morgan fingerprint density at radius 1 is 1.11 bits per heavy atom. The van der Waals surface area contributed by atoms with Gasteiger partial charge in [-0.05, 0) is 52.3 Å². The maximum Gasteiger partial charge on any atom is -0.00132 e. The van der Waals surface area contributed by atoms with Gasteiger partial charge in [-0.25, -0.2) is 0 Å². The third kappa shape index (κ3) is 1.92. The quantitative estimate of drug-likeness (QED) is 0.660. The number of hydrogen-bond acceptors (Lipinski definition) is 0. The Morgan fingerprint density at radius 3 is 2.68 bits per heavy atom. The van der Waals surface area contributed by atoms with Crippen LogP contribution in [0.2, 0.25) is 0 Å². The first-order chi connectivity index (χ1) is 9.22. The second-order valence-electron chi connectivity index (χ2n) is 5.59. The fraction of sp³-hybridized carbons (Fsp3) is 0.263. The molecule has 0 aromatic heterocycles. The molecule has 0 atom stereocenters. The third-order valence-electron chi connectivity index (χ3n) is 4.00. The normalized spacial score (nSPS) is 16.3. The van der Waals surface area contributed by atoms with E-state index in [1.54, 1.807) is 0 Å². The molecule has 0 fully saturated rings. The lowest BCUT2D eigenvalue weighted by molar-refractivity contribution is 0.876. The van der Waals surface area contributed by atoms with Crippen molar-refractivity contribution in [3.63, 3.8) is 0 Å². The van der Waals surface area contributed by atoms with Gasteiger partial charge in [0, 0.05) is 0 Å². The van der Waals surface area contributed by atoms with Crippen molar-refractivity contribution in [2.75, 3.05) is 0 Å². The van der Waals surface area contributed by atoms with Crippen LogP contribution in [0.25, 0.3) is 16.3 Å². The summed E-state index contributed by atoms with van der Waals surface area (Å²) in [7, 11) is 0. The standard InChI is InChI=1S/C19H20/c1-4-5-7-14-12-15-10-11-16(13(2)3)18-9-6-8-17(14)19(15)18/h4-11,13H,12H2,1-3H3/b5-4-,14-7+. The number of benzene rings is 2. The highest BCUT2D eigenvalue weighted by molar-refractivity contribution is 6.03. The molecule has 0 spiro atoms. The molecule has 0 bridgehead atoms. The highest BCUT2D eigenvalue weighted by Gasteiger charge is 2.20. The first-order valence-corrected chi connectivity index (χ1v) is 7.09. The van der Waals surface area contributed by atoms with Crippen LogP contribution in [-0.2, 0) is 6.42 Å². The van der Waals surface area contributed by atoms with Gasteiger partial charge < -0.3 is 0 Å². The predicted molar refractivity (Wildman–Crippen MR) is 84.5 cm³/mol. The fourth-order valence-electron chi connectivity index (χ4n) is 3.08. The molecule has 0 unspecified atom stereocenters. The van der Waals surface area contributed by atoms with Crippen LogP contribution < -0.4 is 0 Å². The molecule has 0 N–H and O–H groups in total. The van der Waals surface area contributed by atoms with Crippen LogP contribution in [-0.4, -0.2) is 0 Å². The van der Waals surface area contributed by atoms with Gasteiger partial charge in [0.2, 0.25) is 0 Å². The molecule has 0 saturated heterocycles. The molecule has 96 valence electrons. The molecule has 0 heteroatoms. The molecular weight excluding hydrogens is 228 g/mol. The van der Waals surface area contributed by atoms with E-state index in [-0.39, 0.29) is 0 Å². The topological polar surface area (TPSA) is 0 Å². The Morgan fingerprint density at radius 2 is 1.95 bits per heavy atom. The minimum atomic E-state index is 0.577. The van der Waals surface area contributed by atoms with Gasteiger partial charge in [-0.2, -0.15) is 0 Å². The van der Waals surface area contributed by atoms with E-state index in [0.29, 0.717) is 5.92 Å². The van der Waals surface area contributed by atoms with Crippen LogP contribution in [0.1, 0.15) is 43.4 Å². The maximum absolute atomic E-state index is 2.32. The molecular formula is C19H20. The third-order valence-corrected chi connectivity index (χ3v) is 4.00. The first kappa shape index (κ1) is 12.2. The smallest absolute Gasteiger partial charge is 0.00132 e. The monoisotopic (exact) mass is 248 g/mol. The molecule has 0 nitrogen and oxygen atoms in total. The highest BCUT2D eigenvalue weighted by Crippen LogP contribution is 2.40. The van der Waals surface area contributed by atoms with Gasteiger partial charge in [0.15, 0.2) is 0 Å². The van der Waals surface area contributed by atoms with Gasteiger partial charge in [-0.1, -0.05) is 62.4 Å². The largest absolute Gasteiger partial charge is 0.0877 e. The van der Waals surface area contributed by atoms with Crippen molar-refractivity contribution < 1.29 is 0 Å². The zero-order valence-corrected chi connectivity index (χ0v) is 11.9. The maximum atomic E-state index is 2.32. The molecule has 2 aromatic rings. The van der Waals surface area contributed by atoms with E-state index in [4.69, 9.17) is 0 Å². The van der Waals surface area contributed by atoms with Crippen molar-refractivity contribution in [2.24, 2.45) is 0 Å². The Kier molecular flexibility index (Phi) is 3.02. The summed E-state index contributed by atoms with van der Waals surface area (Å²) >= 11 is 0. The molecule has 0 aliphatic heterocycles. The summed E-state index contributed by atoms with van der Waals surface area (Å²) in [5, 5.41) is 2.92. The number of hydrogen-bond donors (Lipinski definition) is 0. The summed E-state index contributed by atoms with van der Waals surface area (Å²) in [5.41, 5.74) is 5.81. The van der Waals surface area contributed by atoms with Crippen molar-refractivity contribution >= 4 is 16.3 Å². The van der Waals surface area contributed by atoms with Crippen molar-refractivity contribution in [1.29, 1.82) is 0 Å². The average molecular weight is 248 g/mol. The summed E-state index contributed by atoms with van der Waals surface area (Å²) in [4.78, 5) is 0. The van der Waals surface area contributed by atoms with Crippen LogP contribution in [0.5, 0.6) is 0 Å². The Bertz CT molecular complexity index is 684. The lowest BCUT2D eigenvalue weighted by Crippen LogP contribution is -1.90. The Hall–Kier alpha value is -1.82. The summed E-state index contributed by atoms with van der Waals surface area (Å²) in [6.45, 7) is 6.61. The molecule has 0 radical (unpaired) electrons. The van der Waals surface area contributed by atoms with Crippen LogP contribution in [0.3, 0.4) is 0 Å².